The second kappa shape index (κ2) is 7.11. The van der Waals surface area contributed by atoms with Gasteiger partial charge in [-0.2, -0.15) is 0 Å². The van der Waals surface area contributed by atoms with Gasteiger partial charge in [-0.15, -0.1) is 11.3 Å². The summed E-state index contributed by atoms with van der Waals surface area (Å²) in [5, 5.41) is 5.23. The highest BCUT2D eigenvalue weighted by molar-refractivity contribution is 7.10. The minimum absolute atomic E-state index is 0.193. The van der Waals surface area contributed by atoms with Crippen molar-refractivity contribution in [3.8, 4) is 11.8 Å². The topological polar surface area (TPSA) is 55.1 Å². The van der Waals surface area contributed by atoms with E-state index < -0.39 is 0 Å². The number of carbonyl (C=O) groups is 1. The Bertz CT molecular complexity index is 670. The standard InChI is InChI=1S/C15H13ClN2OS/c16-13-6-2-1-5-12(13)15(19)18-10-14-11(4-3-8-17)7-9-20-14/h1-2,5-7,9H,8,10,17H2,(H,18,19). The Labute approximate surface area is 126 Å². The Balaban J connectivity index is 2.04. The molecule has 0 spiro atoms. The molecule has 3 N–H and O–H groups in total. The van der Waals surface area contributed by atoms with Crippen LogP contribution in [-0.2, 0) is 6.54 Å². The number of benzene rings is 1. The summed E-state index contributed by atoms with van der Waals surface area (Å²) in [4.78, 5) is 13.0. The molecule has 1 aromatic carbocycles. The minimum Gasteiger partial charge on any atom is -0.347 e. The van der Waals surface area contributed by atoms with E-state index in [1.54, 1.807) is 35.6 Å². The zero-order chi connectivity index (χ0) is 14.4. The molecule has 5 heteroatoms. The number of amides is 1. The number of halogens is 1. The Morgan fingerprint density at radius 1 is 1.35 bits per heavy atom. The second-order valence-corrected chi connectivity index (χ2v) is 5.33. The number of hydrogen-bond acceptors (Lipinski definition) is 3. The lowest BCUT2D eigenvalue weighted by molar-refractivity contribution is 0.0951. The van der Waals surface area contributed by atoms with Crippen LogP contribution in [0, 0.1) is 11.8 Å². The van der Waals surface area contributed by atoms with Gasteiger partial charge in [-0.05, 0) is 23.6 Å². The maximum Gasteiger partial charge on any atom is 0.253 e. The molecule has 0 saturated carbocycles. The third-order valence-electron chi connectivity index (χ3n) is 2.60. The van der Waals surface area contributed by atoms with Gasteiger partial charge in [-0.1, -0.05) is 35.6 Å². The van der Waals surface area contributed by atoms with E-state index in [1.807, 2.05) is 11.4 Å². The van der Waals surface area contributed by atoms with Crippen molar-refractivity contribution in [2.45, 2.75) is 6.54 Å². The lowest BCUT2D eigenvalue weighted by Gasteiger charge is -2.05. The fourth-order valence-electron chi connectivity index (χ4n) is 1.64. The molecule has 20 heavy (non-hydrogen) atoms. The summed E-state index contributed by atoms with van der Waals surface area (Å²) in [7, 11) is 0. The zero-order valence-electron chi connectivity index (χ0n) is 10.7. The molecule has 0 fully saturated rings. The summed E-state index contributed by atoms with van der Waals surface area (Å²) < 4.78 is 0. The van der Waals surface area contributed by atoms with Crippen LogP contribution in [0.3, 0.4) is 0 Å². The van der Waals surface area contributed by atoms with Gasteiger partial charge >= 0.3 is 0 Å². The van der Waals surface area contributed by atoms with E-state index in [4.69, 9.17) is 17.3 Å². The van der Waals surface area contributed by atoms with Gasteiger partial charge in [-0.3, -0.25) is 4.79 Å². The fraction of sp³-hybridized carbons (Fsp3) is 0.133. The van der Waals surface area contributed by atoms with Crippen molar-refractivity contribution >= 4 is 28.8 Å². The van der Waals surface area contributed by atoms with E-state index in [9.17, 15) is 4.79 Å². The van der Waals surface area contributed by atoms with E-state index in [1.165, 1.54) is 0 Å². The maximum atomic E-state index is 12.0. The van der Waals surface area contributed by atoms with Gasteiger partial charge in [0.15, 0.2) is 0 Å². The molecule has 0 saturated heterocycles. The van der Waals surface area contributed by atoms with Gasteiger partial charge in [0.2, 0.25) is 0 Å². The quantitative estimate of drug-likeness (QED) is 0.857. The van der Waals surface area contributed by atoms with Crippen LogP contribution in [0.1, 0.15) is 20.8 Å². The SMILES string of the molecule is NCC#Cc1ccsc1CNC(=O)c1ccccc1Cl. The van der Waals surface area contributed by atoms with Crippen molar-refractivity contribution in [2.24, 2.45) is 5.73 Å². The lowest BCUT2D eigenvalue weighted by Crippen LogP contribution is -2.22. The van der Waals surface area contributed by atoms with E-state index >= 15 is 0 Å². The highest BCUT2D eigenvalue weighted by atomic mass is 35.5. The number of rotatable bonds is 3. The molecule has 1 heterocycles. The molecule has 0 bridgehead atoms. The van der Waals surface area contributed by atoms with Crippen molar-refractivity contribution in [1.29, 1.82) is 0 Å². The van der Waals surface area contributed by atoms with Crippen LogP contribution >= 0.6 is 22.9 Å². The number of nitrogens with two attached hydrogens (primary N) is 1. The zero-order valence-corrected chi connectivity index (χ0v) is 12.2. The molecule has 2 aromatic rings. The summed E-state index contributed by atoms with van der Waals surface area (Å²) in [5.41, 5.74) is 6.73. The number of thiophene rings is 1. The first kappa shape index (κ1) is 14.6. The molecule has 0 aliphatic carbocycles. The third kappa shape index (κ3) is 3.61. The van der Waals surface area contributed by atoms with Gasteiger partial charge in [0.25, 0.3) is 5.91 Å². The molecule has 0 aliphatic heterocycles. The summed E-state index contributed by atoms with van der Waals surface area (Å²) in [6.45, 7) is 0.748. The molecule has 0 radical (unpaired) electrons. The van der Waals surface area contributed by atoms with E-state index in [0.717, 1.165) is 10.4 Å². The van der Waals surface area contributed by atoms with E-state index in [0.29, 0.717) is 23.7 Å². The van der Waals surface area contributed by atoms with Crippen molar-refractivity contribution in [3.05, 3.63) is 56.7 Å². The summed E-state index contributed by atoms with van der Waals surface area (Å²) in [5.74, 6) is 5.60. The Morgan fingerprint density at radius 3 is 2.90 bits per heavy atom. The average Bonchev–Trinajstić information content (AvgIpc) is 2.90. The molecular formula is C15H13ClN2OS. The molecule has 3 nitrogen and oxygen atoms in total. The predicted octanol–water partition coefficient (Wildman–Crippen LogP) is 2.64. The smallest absolute Gasteiger partial charge is 0.253 e. The van der Waals surface area contributed by atoms with Crippen LogP contribution in [0.5, 0.6) is 0 Å². The fourth-order valence-corrected chi connectivity index (χ4v) is 2.63. The van der Waals surface area contributed by atoms with Crippen molar-refractivity contribution in [3.63, 3.8) is 0 Å². The minimum atomic E-state index is -0.193. The van der Waals surface area contributed by atoms with Crippen LogP contribution in [0.15, 0.2) is 35.7 Å². The van der Waals surface area contributed by atoms with E-state index in [2.05, 4.69) is 17.2 Å². The summed E-state index contributed by atoms with van der Waals surface area (Å²) >= 11 is 7.54. The van der Waals surface area contributed by atoms with Crippen molar-refractivity contribution in [2.75, 3.05) is 6.54 Å². The van der Waals surface area contributed by atoms with Gasteiger partial charge in [0.05, 0.1) is 23.7 Å². The number of nitrogens with one attached hydrogen (secondary N) is 1. The first-order chi connectivity index (χ1) is 9.72. The molecule has 0 atom stereocenters. The monoisotopic (exact) mass is 304 g/mol. The molecule has 0 aliphatic rings. The van der Waals surface area contributed by atoms with Gasteiger partial charge in [0, 0.05) is 10.4 Å². The number of carbonyl (C=O) groups excluding carboxylic acids is 1. The van der Waals surface area contributed by atoms with Crippen LogP contribution in [0.2, 0.25) is 5.02 Å². The van der Waals surface area contributed by atoms with Crippen molar-refractivity contribution < 1.29 is 4.79 Å². The van der Waals surface area contributed by atoms with Crippen LogP contribution in [0.4, 0.5) is 0 Å². The van der Waals surface area contributed by atoms with Crippen LogP contribution < -0.4 is 11.1 Å². The van der Waals surface area contributed by atoms with Gasteiger partial charge in [0.1, 0.15) is 0 Å². The lowest BCUT2D eigenvalue weighted by atomic mass is 10.2. The largest absolute Gasteiger partial charge is 0.347 e. The van der Waals surface area contributed by atoms with Crippen LogP contribution in [-0.4, -0.2) is 12.5 Å². The normalized spacial score (nSPS) is 9.70. The molecule has 1 aromatic heterocycles. The Morgan fingerprint density at radius 2 is 2.15 bits per heavy atom. The highest BCUT2D eigenvalue weighted by Crippen LogP contribution is 2.17. The molecular weight excluding hydrogens is 292 g/mol. The summed E-state index contributed by atoms with van der Waals surface area (Å²) in [6, 6.07) is 8.88. The molecule has 102 valence electrons. The summed E-state index contributed by atoms with van der Waals surface area (Å²) in [6.07, 6.45) is 0. The molecule has 2 rings (SSSR count). The first-order valence-corrected chi connectivity index (χ1v) is 7.26. The Hall–Kier alpha value is -1.80. The number of hydrogen-bond donors (Lipinski definition) is 2. The van der Waals surface area contributed by atoms with E-state index in [-0.39, 0.29) is 5.91 Å². The average molecular weight is 305 g/mol. The predicted molar refractivity (Wildman–Crippen MR) is 82.9 cm³/mol. The van der Waals surface area contributed by atoms with Gasteiger partial charge in [-0.25, -0.2) is 0 Å². The van der Waals surface area contributed by atoms with Crippen LogP contribution in [0.25, 0.3) is 0 Å². The molecule has 1 amide bonds. The highest BCUT2D eigenvalue weighted by Gasteiger charge is 2.10. The first-order valence-electron chi connectivity index (χ1n) is 6.00. The maximum absolute atomic E-state index is 12.0. The second-order valence-electron chi connectivity index (χ2n) is 3.93. The third-order valence-corrected chi connectivity index (χ3v) is 3.85. The Kier molecular flexibility index (Phi) is 5.19. The van der Waals surface area contributed by atoms with Crippen molar-refractivity contribution in [1.82, 2.24) is 5.32 Å². The van der Waals surface area contributed by atoms with Gasteiger partial charge < -0.3 is 11.1 Å². The molecule has 0 unspecified atom stereocenters.